The van der Waals surface area contributed by atoms with Crippen molar-refractivity contribution in [3.8, 4) is 147 Å². The van der Waals surface area contributed by atoms with Crippen LogP contribution in [0.25, 0.3) is 154 Å². The zero-order chi connectivity index (χ0) is 92.5. The van der Waals surface area contributed by atoms with E-state index in [9.17, 15) is 26.3 Å². The van der Waals surface area contributed by atoms with Gasteiger partial charge in [-0.3, -0.25) is 0 Å². The maximum atomic E-state index is 16.9. The van der Waals surface area contributed by atoms with E-state index in [2.05, 4.69) is 48.5 Å². The molecule has 20 rings (SSSR count). The van der Waals surface area contributed by atoms with E-state index in [4.69, 9.17) is 47.4 Å². The summed E-state index contributed by atoms with van der Waals surface area (Å²) in [4.78, 5) is 0. The summed E-state index contributed by atoms with van der Waals surface area (Å²) in [5.41, 5.74) is 9.37. The molecule has 16 aromatic rings. The topological polar surface area (TPSA) is 92.3 Å². The van der Waals surface area contributed by atoms with E-state index >= 15 is 8.78 Å². The van der Waals surface area contributed by atoms with Crippen molar-refractivity contribution in [1.82, 2.24) is 0 Å². The minimum absolute atomic E-state index is 0.00694. The lowest BCUT2D eigenvalue weighted by Crippen LogP contribution is -2.19. The normalized spacial score (nSPS) is 15.0. The molecule has 0 unspecified atom stereocenters. The van der Waals surface area contributed by atoms with Crippen LogP contribution >= 0.6 is 0 Å². The van der Waals surface area contributed by atoms with Gasteiger partial charge in [0.25, 0.3) is 0 Å². The number of benzene rings is 16. The summed E-state index contributed by atoms with van der Waals surface area (Å²) in [6.45, 7) is 0. The Morgan fingerprint density at radius 2 is 0.403 bits per heavy atom. The molecule has 0 aromatic heterocycles. The zero-order valence-electron chi connectivity index (χ0n) is 75.8. The SMILES string of the molecule is COc1ccc(-c2c3ccc(OC)cc3c(-c3ccc(OC)cc3F)c3c(-c4ccc(OC)cc4)c4ccc(OC)cc4c(-c4ccc(OC)cc4F)c23)cc1.FC(F)(F)c1ccc(-c2c3cc(OC4CCCCC4)ccc3c(-c3ccc(OC4CCCCC4)cc3)c3c(-c4ccc(C(F)(F)F)cc4)c4cc(OC5CCCCC5)ccc4c(-c4ccc(OC5CCCCC5)cc4)c23)cc1. The fourth-order valence-corrected chi connectivity index (χ4v) is 20.8. The molecule has 0 N–H and O–H groups in total. The van der Waals surface area contributed by atoms with Crippen LogP contribution in [0.15, 0.2) is 255 Å². The van der Waals surface area contributed by atoms with Crippen molar-refractivity contribution in [2.45, 2.75) is 165 Å². The van der Waals surface area contributed by atoms with E-state index in [0.29, 0.717) is 101 Å². The van der Waals surface area contributed by atoms with E-state index in [-0.39, 0.29) is 24.4 Å². The Morgan fingerprint density at radius 3 is 0.664 bits per heavy atom. The van der Waals surface area contributed by atoms with E-state index in [0.717, 1.165) is 250 Å². The second-order valence-corrected chi connectivity index (χ2v) is 35.6. The van der Waals surface area contributed by atoms with Crippen LogP contribution in [0.2, 0.25) is 0 Å². The van der Waals surface area contributed by atoms with Crippen LogP contribution in [-0.2, 0) is 12.4 Å². The maximum absolute atomic E-state index is 16.9. The molecular formula is C116H104F8O10. The molecule has 0 amide bonds. The van der Waals surface area contributed by atoms with Gasteiger partial charge in [0.1, 0.15) is 69.1 Å². The van der Waals surface area contributed by atoms with E-state index in [1.807, 2.05) is 121 Å². The van der Waals surface area contributed by atoms with Crippen molar-refractivity contribution in [3.05, 3.63) is 278 Å². The van der Waals surface area contributed by atoms with Gasteiger partial charge in [-0.25, -0.2) is 8.78 Å². The van der Waals surface area contributed by atoms with Gasteiger partial charge in [-0.05, 0) is 380 Å². The molecule has 134 heavy (non-hydrogen) atoms. The lowest BCUT2D eigenvalue weighted by molar-refractivity contribution is -0.138. The average Bonchev–Trinajstić information content (AvgIpc) is 0.699. The highest BCUT2D eigenvalue weighted by Gasteiger charge is 2.36. The number of rotatable bonds is 22. The summed E-state index contributed by atoms with van der Waals surface area (Å²) >= 11 is 0. The maximum Gasteiger partial charge on any atom is 0.416 e. The molecule has 0 heterocycles. The van der Waals surface area contributed by atoms with Crippen molar-refractivity contribution in [2.24, 2.45) is 0 Å². The fourth-order valence-electron chi connectivity index (χ4n) is 20.8. The van der Waals surface area contributed by atoms with Crippen molar-refractivity contribution in [1.29, 1.82) is 0 Å². The number of halogens is 8. The lowest BCUT2D eigenvalue weighted by atomic mass is 9.77. The van der Waals surface area contributed by atoms with Crippen LogP contribution in [0.1, 0.15) is 140 Å². The monoisotopic (exact) mass is 1810 g/mol. The number of fused-ring (bicyclic) bond motifs is 6. The number of alkyl halides is 6. The van der Waals surface area contributed by atoms with Crippen LogP contribution in [0.5, 0.6) is 57.5 Å². The van der Waals surface area contributed by atoms with Crippen LogP contribution in [0, 0.1) is 11.6 Å². The summed E-state index contributed by atoms with van der Waals surface area (Å²) in [7, 11) is 9.46. The Hall–Kier alpha value is -13.5. The number of hydrogen-bond acceptors (Lipinski definition) is 10. The van der Waals surface area contributed by atoms with Crippen molar-refractivity contribution in [2.75, 3.05) is 42.7 Å². The van der Waals surface area contributed by atoms with Crippen LogP contribution in [0.3, 0.4) is 0 Å². The van der Waals surface area contributed by atoms with Gasteiger partial charge in [-0.15, -0.1) is 0 Å². The second-order valence-electron chi connectivity index (χ2n) is 35.6. The Morgan fingerprint density at radius 1 is 0.201 bits per heavy atom. The van der Waals surface area contributed by atoms with Crippen molar-refractivity contribution in [3.63, 3.8) is 0 Å². The third-order valence-corrected chi connectivity index (χ3v) is 27.4. The smallest absolute Gasteiger partial charge is 0.416 e. The second kappa shape index (κ2) is 38.6. The summed E-state index contributed by atoms with van der Waals surface area (Å²) in [6, 6.07) is 76.1. The molecule has 684 valence electrons. The molecule has 0 saturated heterocycles. The first-order valence-electron chi connectivity index (χ1n) is 46.6. The van der Waals surface area contributed by atoms with Gasteiger partial charge in [-0.2, -0.15) is 26.3 Å². The standard InChI is InChI=1S/C68H66F6O4.C48H38F2O6/c69-67(70,71)47-29-21-43(22-30-47)63-60-42-56(78-52-19-11-4-12-20-52)38-40-58(60)62(46-27-35-54(36-28-46)76-50-15-7-2-8-16-50)66-64(44-23-31-48(32-24-44)68(72,73)74)59-41-55(77-51-17-9-3-10-18-51)37-39-57(59)61(65(63)66)45-25-33-53(34-26-45)75-49-13-5-1-6-14-49;1-51-29-11-7-27(8-12-29)43-35-19-15-31(53-3)23-39(35)46(38-22-18-34(56-6)26-42(38)50)48-44(28-9-13-30(52-2)14-10-28)36-20-16-32(54-4)24-40(36)45(47(43)48)37-21-17-33(55-5)25-41(37)49/h21-42,49-52H,1-20H2;7-26H,1-6H3. The minimum Gasteiger partial charge on any atom is -0.497 e. The third-order valence-electron chi connectivity index (χ3n) is 27.4. The Labute approximate surface area is 774 Å². The average molecular weight is 1810 g/mol. The van der Waals surface area contributed by atoms with Crippen LogP contribution in [-0.4, -0.2) is 67.1 Å². The van der Waals surface area contributed by atoms with Crippen LogP contribution < -0.4 is 47.4 Å². The summed E-state index contributed by atoms with van der Waals surface area (Å²) in [5, 5.41) is 9.07. The quantitative estimate of drug-likeness (QED) is 0.0482. The van der Waals surface area contributed by atoms with Gasteiger partial charge in [0.2, 0.25) is 0 Å². The van der Waals surface area contributed by atoms with E-state index < -0.39 is 35.1 Å². The number of hydrogen-bond donors (Lipinski definition) is 0. The highest BCUT2D eigenvalue weighted by molar-refractivity contribution is 6.36. The molecule has 4 aliphatic rings. The van der Waals surface area contributed by atoms with Gasteiger partial charge in [0, 0.05) is 34.4 Å². The van der Waals surface area contributed by atoms with E-state index in [1.165, 1.54) is 39.2 Å². The largest absolute Gasteiger partial charge is 0.497 e. The molecule has 0 radical (unpaired) electrons. The summed E-state index contributed by atoms with van der Waals surface area (Å²) < 4.78 is 182. The van der Waals surface area contributed by atoms with Gasteiger partial charge in [-0.1, -0.05) is 123 Å². The Bertz CT molecular complexity index is 6570. The number of ether oxygens (including phenoxy) is 10. The molecule has 10 nitrogen and oxygen atoms in total. The molecule has 4 aliphatic carbocycles. The highest BCUT2D eigenvalue weighted by Crippen LogP contribution is 2.59. The molecule has 0 atom stereocenters. The molecule has 4 saturated carbocycles. The van der Waals surface area contributed by atoms with Crippen molar-refractivity contribution < 1.29 is 82.5 Å². The molecule has 16 aromatic carbocycles. The van der Waals surface area contributed by atoms with Gasteiger partial charge in [0.05, 0.1) is 78.2 Å². The Kier molecular flexibility index (Phi) is 25.9. The lowest BCUT2D eigenvalue weighted by Gasteiger charge is -2.28. The minimum atomic E-state index is -4.59. The zero-order valence-corrected chi connectivity index (χ0v) is 75.8. The third kappa shape index (κ3) is 18.1. The number of methoxy groups -OCH3 is 6. The predicted octanol–water partition coefficient (Wildman–Crippen LogP) is 32.8. The fraction of sp³-hybridized carbons (Fsp3) is 0.276. The summed E-state index contributed by atoms with van der Waals surface area (Å²) in [5.74, 6) is 5.12. The van der Waals surface area contributed by atoms with Gasteiger partial charge >= 0.3 is 12.4 Å². The highest BCUT2D eigenvalue weighted by atomic mass is 19.4. The van der Waals surface area contributed by atoms with Crippen molar-refractivity contribution >= 4 is 64.6 Å². The first-order chi connectivity index (χ1) is 65.2. The molecule has 0 aliphatic heterocycles. The first-order valence-corrected chi connectivity index (χ1v) is 46.6. The van der Waals surface area contributed by atoms with Gasteiger partial charge < -0.3 is 47.4 Å². The Balaban J connectivity index is 0.000000182. The summed E-state index contributed by atoms with van der Waals surface area (Å²) in [6.07, 6.45) is 12.1. The molecule has 0 bridgehead atoms. The molecular weight excluding hydrogens is 1710 g/mol. The molecule has 0 spiro atoms. The van der Waals surface area contributed by atoms with Gasteiger partial charge in [0.15, 0.2) is 0 Å². The van der Waals surface area contributed by atoms with Crippen LogP contribution in [0.4, 0.5) is 35.1 Å². The molecule has 18 heteroatoms. The predicted molar refractivity (Wildman–Crippen MR) is 521 cm³/mol. The van der Waals surface area contributed by atoms with E-state index in [1.54, 1.807) is 77.0 Å². The first kappa shape index (κ1) is 89.7. The molecule has 4 fully saturated rings.